The maximum atomic E-state index is 13.1. The number of oxime groups is 1. The number of carbonyl (C=O) groups excluding carboxylic acids is 3. The van der Waals surface area contributed by atoms with Crippen molar-refractivity contribution in [2.75, 3.05) is 26.2 Å². The smallest absolute Gasteiger partial charge is 0.436 e. The SMILES string of the molecule is C/C(=N\OC(=O)N(CCOC=O)CC1CC(C)CN1)[C@H]1CC[C@H]2[C@@H]3CCC4=CC(=O)CC[C@]4(C)[C@H]3CC[C@]12C. The molecule has 1 amide bonds. The Bertz CT molecular complexity index is 1030. The standard InChI is InChI=1S/C31H47N3O5/c1-20-15-23(32-17-20)18-34(13-14-38-19-35)29(37)39-33-21(2)26-7-8-27-25-6-5-22-16-24(36)9-11-30(22,3)28(25)10-12-31(26,27)4/h16,19-20,23,25-28,32H,5-15,17-18H2,1-4H3/b33-21+/t20?,23?,25-,26+,27-,28-,30-,31+/m0/s1. The van der Waals surface area contributed by atoms with Crippen molar-refractivity contribution in [3.63, 3.8) is 0 Å². The summed E-state index contributed by atoms with van der Waals surface area (Å²) >= 11 is 0. The number of amides is 1. The van der Waals surface area contributed by atoms with Crippen LogP contribution in [0.3, 0.4) is 0 Å². The van der Waals surface area contributed by atoms with E-state index in [9.17, 15) is 14.4 Å². The summed E-state index contributed by atoms with van der Waals surface area (Å²) in [6.07, 6.45) is 11.1. The number of ketones is 1. The molecule has 8 nitrogen and oxygen atoms in total. The van der Waals surface area contributed by atoms with E-state index in [1.54, 1.807) is 4.90 Å². The molecule has 1 saturated heterocycles. The highest BCUT2D eigenvalue weighted by molar-refractivity contribution is 5.91. The Morgan fingerprint density at radius 2 is 2.00 bits per heavy atom. The Morgan fingerprint density at radius 3 is 2.74 bits per heavy atom. The molecular formula is C31H47N3O5. The molecule has 1 aliphatic heterocycles. The fraction of sp³-hybridized carbons (Fsp3) is 0.806. The topological polar surface area (TPSA) is 97.3 Å². The predicted molar refractivity (Wildman–Crippen MR) is 149 cm³/mol. The highest BCUT2D eigenvalue weighted by Gasteiger charge is 2.59. The number of rotatable bonds is 8. The van der Waals surface area contributed by atoms with Crippen LogP contribution in [0.5, 0.6) is 0 Å². The van der Waals surface area contributed by atoms with Gasteiger partial charge in [-0.25, -0.2) is 4.79 Å². The van der Waals surface area contributed by atoms with Crippen LogP contribution in [0.15, 0.2) is 16.8 Å². The summed E-state index contributed by atoms with van der Waals surface area (Å²) in [5.74, 6) is 3.18. The summed E-state index contributed by atoms with van der Waals surface area (Å²) in [5, 5.41) is 7.88. The van der Waals surface area contributed by atoms with Crippen LogP contribution < -0.4 is 5.32 Å². The van der Waals surface area contributed by atoms with Crippen molar-refractivity contribution >= 4 is 24.1 Å². The molecule has 216 valence electrons. The number of allylic oxidation sites excluding steroid dienone is 1. The van der Waals surface area contributed by atoms with Crippen molar-refractivity contribution in [1.29, 1.82) is 0 Å². The molecule has 0 aromatic carbocycles. The van der Waals surface area contributed by atoms with Crippen molar-refractivity contribution in [2.24, 2.45) is 45.6 Å². The van der Waals surface area contributed by atoms with E-state index in [1.165, 1.54) is 24.8 Å². The van der Waals surface area contributed by atoms with Gasteiger partial charge in [-0.3, -0.25) is 14.4 Å². The van der Waals surface area contributed by atoms with Crippen LogP contribution in [0.25, 0.3) is 0 Å². The molecule has 39 heavy (non-hydrogen) atoms. The second-order valence-corrected chi connectivity index (χ2v) is 13.6. The second kappa shape index (κ2) is 11.3. The lowest BCUT2D eigenvalue weighted by molar-refractivity contribution is -0.129. The highest BCUT2D eigenvalue weighted by Crippen LogP contribution is 2.66. The number of ether oxygens (including phenoxy) is 1. The zero-order chi connectivity index (χ0) is 27.8. The number of hydrogen-bond acceptors (Lipinski definition) is 7. The maximum absolute atomic E-state index is 13.1. The third kappa shape index (κ3) is 5.42. The van der Waals surface area contributed by atoms with E-state index in [4.69, 9.17) is 9.57 Å². The fourth-order valence-electron chi connectivity index (χ4n) is 9.37. The van der Waals surface area contributed by atoms with Gasteiger partial charge < -0.3 is 15.0 Å². The molecule has 1 heterocycles. The zero-order valence-electron chi connectivity index (χ0n) is 24.2. The normalized spacial score (nSPS) is 39.7. The van der Waals surface area contributed by atoms with E-state index in [0.717, 1.165) is 44.4 Å². The van der Waals surface area contributed by atoms with Crippen LogP contribution in [0.4, 0.5) is 4.79 Å². The van der Waals surface area contributed by atoms with E-state index in [-0.39, 0.29) is 30.0 Å². The van der Waals surface area contributed by atoms with Crippen molar-refractivity contribution in [3.8, 4) is 0 Å². The van der Waals surface area contributed by atoms with E-state index in [2.05, 4.69) is 31.2 Å². The maximum Gasteiger partial charge on any atom is 0.436 e. The van der Waals surface area contributed by atoms with Gasteiger partial charge >= 0.3 is 6.09 Å². The van der Waals surface area contributed by atoms with Gasteiger partial charge in [-0.2, -0.15) is 0 Å². The molecule has 3 saturated carbocycles. The summed E-state index contributed by atoms with van der Waals surface area (Å²) in [6, 6.07) is 0.202. The largest absolute Gasteiger partial charge is 0.466 e. The molecule has 0 radical (unpaired) electrons. The lowest BCUT2D eigenvalue weighted by Crippen LogP contribution is -2.51. The fourth-order valence-corrected chi connectivity index (χ4v) is 9.37. The molecule has 4 fully saturated rings. The summed E-state index contributed by atoms with van der Waals surface area (Å²) < 4.78 is 4.86. The number of nitrogens with one attached hydrogen (secondary N) is 1. The first-order chi connectivity index (χ1) is 18.7. The molecule has 2 unspecified atom stereocenters. The summed E-state index contributed by atoms with van der Waals surface area (Å²) in [7, 11) is 0. The minimum absolute atomic E-state index is 0.137. The Morgan fingerprint density at radius 1 is 1.18 bits per heavy atom. The first-order valence-electron chi connectivity index (χ1n) is 15.2. The monoisotopic (exact) mass is 541 g/mol. The zero-order valence-corrected chi connectivity index (χ0v) is 24.2. The minimum atomic E-state index is -0.486. The Kier molecular flexibility index (Phi) is 8.23. The average molecular weight is 542 g/mol. The van der Waals surface area contributed by atoms with E-state index in [0.29, 0.717) is 54.8 Å². The lowest BCUT2D eigenvalue weighted by Gasteiger charge is -2.58. The first-order valence-corrected chi connectivity index (χ1v) is 15.2. The van der Waals surface area contributed by atoms with E-state index >= 15 is 0 Å². The number of fused-ring (bicyclic) bond motifs is 5. The van der Waals surface area contributed by atoms with Gasteiger partial charge in [0.15, 0.2) is 5.78 Å². The third-order valence-corrected chi connectivity index (χ3v) is 11.4. The van der Waals surface area contributed by atoms with Crippen LogP contribution in [0.1, 0.15) is 85.5 Å². The molecule has 8 heteroatoms. The van der Waals surface area contributed by atoms with Gasteiger partial charge in [-0.1, -0.05) is 31.5 Å². The van der Waals surface area contributed by atoms with Crippen molar-refractivity contribution in [2.45, 2.75) is 91.5 Å². The summed E-state index contributed by atoms with van der Waals surface area (Å²) in [4.78, 5) is 43.0. The Labute approximate surface area is 233 Å². The molecule has 5 rings (SSSR count). The molecular weight excluding hydrogens is 494 g/mol. The van der Waals surface area contributed by atoms with E-state index < -0.39 is 6.09 Å². The van der Waals surface area contributed by atoms with Crippen LogP contribution in [-0.2, 0) is 19.2 Å². The predicted octanol–water partition coefficient (Wildman–Crippen LogP) is 5.12. The number of carbonyl (C=O) groups is 3. The number of nitrogens with zero attached hydrogens (tertiary/aromatic N) is 2. The van der Waals surface area contributed by atoms with Crippen molar-refractivity contribution in [3.05, 3.63) is 11.6 Å². The van der Waals surface area contributed by atoms with Crippen LogP contribution in [0, 0.1) is 40.4 Å². The van der Waals surface area contributed by atoms with Gasteiger partial charge in [0, 0.05) is 24.9 Å². The second-order valence-electron chi connectivity index (χ2n) is 13.6. The molecule has 0 aromatic rings. The van der Waals surface area contributed by atoms with Gasteiger partial charge in [-0.15, -0.1) is 0 Å². The Hall–Kier alpha value is -2.22. The van der Waals surface area contributed by atoms with Crippen molar-refractivity contribution < 1.29 is 24.0 Å². The van der Waals surface area contributed by atoms with Crippen LogP contribution in [0.2, 0.25) is 0 Å². The number of hydrogen-bond donors (Lipinski definition) is 1. The minimum Gasteiger partial charge on any atom is -0.466 e. The Balaban J connectivity index is 1.24. The molecule has 8 atom stereocenters. The van der Waals surface area contributed by atoms with Gasteiger partial charge in [0.25, 0.3) is 6.47 Å². The van der Waals surface area contributed by atoms with Gasteiger partial charge in [-0.05, 0) is 105 Å². The quantitative estimate of drug-likeness (QED) is 0.151. The van der Waals surface area contributed by atoms with Crippen molar-refractivity contribution in [1.82, 2.24) is 10.2 Å². The summed E-state index contributed by atoms with van der Waals surface area (Å²) in [5.41, 5.74) is 2.66. The molecule has 1 N–H and O–H groups in total. The van der Waals surface area contributed by atoms with Crippen LogP contribution in [-0.4, -0.2) is 61.2 Å². The molecule has 0 spiro atoms. The van der Waals surface area contributed by atoms with Gasteiger partial charge in [0.1, 0.15) is 6.61 Å². The lowest BCUT2D eigenvalue weighted by atomic mass is 9.46. The average Bonchev–Trinajstić information content (AvgIpc) is 3.49. The molecule has 0 aromatic heterocycles. The van der Waals surface area contributed by atoms with Crippen LogP contribution >= 0.6 is 0 Å². The van der Waals surface area contributed by atoms with Gasteiger partial charge in [0.05, 0.1) is 12.3 Å². The van der Waals surface area contributed by atoms with E-state index in [1.807, 2.05) is 13.0 Å². The van der Waals surface area contributed by atoms with Gasteiger partial charge in [0.2, 0.25) is 0 Å². The highest BCUT2D eigenvalue weighted by atomic mass is 16.7. The summed E-state index contributed by atoms with van der Waals surface area (Å²) in [6.45, 7) is 11.4. The third-order valence-electron chi connectivity index (χ3n) is 11.4. The molecule has 0 bridgehead atoms. The molecule has 5 aliphatic rings. The first kappa shape index (κ1) is 28.3. The molecule has 4 aliphatic carbocycles.